The number of nitrogens with one attached hydrogen (secondary N) is 1. The number of carbonyl (C=O) groups excluding carboxylic acids is 1. The quantitative estimate of drug-likeness (QED) is 0.864. The van der Waals surface area contributed by atoms with Crippen molar-refractivity contribution in [2.75, 3.05) is 0 Å². The third-order valence-corrected chi connectivity index (χ3v) is 4.45. The lowest BCUT2D eigenvalue weighted by molar-refractivity contribution is 0.0701. The summed E-state index contributed by atoms with van der Waals surface area (Å²) >= 11 is 4.17. The maximum absolute atomic E-state index is 13.1. The first-order chi connectivity index (χ1) is 9.88. The number of rotatable bonds is 4. The van der Waals surface area contributed by atoms with Crippen LogP contribution in [0.1, 0.15) is 30.7 Å². The van der Waals surface area contributed by atoms with Gasteiger partial charge in [0.15, 0.2) is 0 Å². The van der Waals surface area contributed by atoms with Gasteiger partial charge in [-0.2, -0.15) is 0 Å². The molecule has 21 heavy (non-hydrogen) atoms. The molecule has 0 atom stereocenters. The zero-order valence-corrected chi connectivity index (χ0v) is 13.2. The lowest BCUT2D eigenvalue weighted by atomic mass is 10.2. The molecule has 1 aromatic carbocycles. The second-order valence-electron chi connectivity index (χ2n) is 4.13. The number of benzene rings is 1. The number of aryl methyl sites for hydroxylation is 1. The van der Waals surface area contributed by atoms with Crippen LogP contribution in [0.2, 0.25) is 0 Å². The van der Waals surface area contributed by atoms with Crippen molar-refractivity contribution >= 4 is 39.1 Å². The van der Waals surface area contributed by atoms with E-state index in [1.807, 2.05) is 0 Å². The number of aromatic carboxylic acids is 1. The van der Waals surface area contributed by atoms with Gasteiger partial charge in [0, 0.05) is 4.47 Å². The summed E-state index contributed by atoms with van der Waals surface area (Å²) in [4.78, 5) is 27.1. The number of halogens is 2. The number of thiazole rings is 1. The lowest BCUT2D eigenvalue weighted by Gasteiger charge is -2.05. The molecular weight excluding hydrogens is 363 g/mol. The van der Waals surface area contributed by atoms with Crippen LogP contribution >= 0.6 is 27.3 Å². The highest BCUT2D eigenvalue weighted by molar-refractivity contribution is 9.10. The Labute approximate surface area is 132 Å². The zero-order chi connectivity index (χ0) is 15.6. The maximum atomic E-state index is 13.1. The summed E-state index contributed by atoms with van der Waals surface area (Å²) in [5, 5.41) is 12.0. The first-order valence-corrected chi connectivity index (χ1v) is 7.42. The van der Waals surface area contributed by atoms with Crippen LogP contribution in [-0.4, -0.2) is 22.0 Å². The fourth-order valence-electron chi connectivity index (χ4n) is 1.65. The fourth-order valence-corrected chi connectivity index (χ4v) is 2.92. The van der Waals surface area contributed by atoms with Gasteiger partial charge < -0.3 is 10.4 Å². The van der Waals surface area contributed by atoms with Gasteiger partial charge in [-0.15, -0.1) is 11.3 Å². The smallest absolute Gasteiger partial charge is 0.347 e. The van der Waals surface area contributed by atoms with Gasteiger partial charge in [0.05, 0.1) is 17.8 Å². The molecule has 0 aliphatic rings. The molecule has 1 amide bonds. The van der Waals surface area contributed by atoms with Gasteiger partial charge in [0.2, 0.25) is 0 Å². The average molecular weight is 373 g/mol. The zero-order valence-electron chi connectivity index (χ0n) is 10.8. The molecule has 0 saturated heterocycles. The highest BCUT2D eigenvalue weighted by atomic mass is 79.9. The Balaban J connectivity index is 2.09. The minimum atomic E-state index is -1.05. The van der Waals surface area contributed by atoms with E-state index in [-0.39, 0.29) is 17.0 Å². The van der Waals surface area contributed by atoms with Crippen LogP contribution in [0.3, 0.4) is 0 Å². The molecule has 110 valence electrons. The summed E-state index contributed by atoms with van der Waals surface area (Å²) in [6, 6.07) is 3.81. The summed E-state index contributed by atoms with van der Waals surface area (Å²) in [7, 11) is 0. The number of hydrogen-bond donors (Lipinski definition) is 2. The van der Waals surface area contributed by atoms with Gasteiger partial charge in [0.25, 0.3) is 5.91 Å². The molecule has 0 unspecified atom stereocenters. The Hall–Kier alpha value is -1.80. The van der Waals surface area contributed by atoms with Gasteiger partial charge in [-0.05, 0) is 41.1 Å². The Bertz CT molecular complexity index is 717. The summed E-state index contributed by atoms with van der Waals surface area (Å²) in [5.41, 5.74) is 0.574. The predicted molar refractivity (Wildman–Crippen MR) is 79.1 cm³/mol. The number of nitrogens with zero attached hydrogens (tertiary/aromatic N) is 1. The van der Waals surface area contributed by atoms with Crippen molar-refractivity contribution in [2.24, 2.45) is 0 Å². The van der Waals surface area contributed by atoms with Gasteiger partial charge in [-0.3, -0.25) is 4.79 Å². The third kappa shape index (κ3) is 3.64. The highest BCUT2D eigenvalue weighted by Gasteiger charge is 2.15. The van der Waals surface area contributed by atoms with Crippen molar-refractivity contribution < 1.29 is 19.1 Å². The molecule has 1 heterocycles. The molecule has 0 aliphatic heterocycles. The largest absolute Gasteiger partial charge is 0.477 e. The van der Waals surface area contributed by atoms with Crippen LogP contribution in [0.25, 0.3) is 0 Å². The fraction of sp³-hybridized carbons (Fsp3) is 0.154. The Kier molecular flexibility index (Phi) is 4.69. The van der Waals surface area contributed by atoms with Crippen LogP contribution in [0, 0.1) is 12.7 Å². The van der Waals surface area contributed by atoms with Crippen LogP contribution in [-0.2, 0) is 6.54 Å². The van der Waals surface area contributed by atoms with Crippen LogP contribution < -0.4 is 5.32 Å². The predicted octanol–water partition coefficient (Wildman–Crippen LogP) is 2.98. The number of carboxylic acids is 1. The minimum absolute atomic E-state index is 0.0839. The van der Waals surface area contributed by atoms with E-state index in [2.05, 4.69) is 26.2 Å². The average Bonchev–Trinajstić information content (AvgIpc) is 2.80. The normalized spacial score (nSPS) is 10.4. The Morgan fingerprint density at radius 3 is 2.81 bits per heavy atom. The van der Waals surface area contributed by atoms with Crippen molar-refractivity contribution in [1.29, 1.82) is 0 Å². The van der Waals surface area contributed by atoms with Crippen molar-refractivity contribution in [3.8, 4) is 0 Å². The van der Waals surface area contributed by atoms with Gasteiger partial charge in [-0.25, -0.2) is 14.2 Å². The van der Waals surface area contributed by atoms with E-state index in [0.717, 1.165) is 17.4 Å². The van der Waals surface area contributed by atoms with E-state index in [4.69, 9.17) is 5.11 Å². The Morgan fingerprint density at radius 2 is 2.19 bits per heavy atom. The van der Waals surface area contributed by atoms with Gasteiger partial charge in [0.1, 0.15) is 15.7 Å². The number of aromatic nitrogens is 1. The van der Waals surface area contributed by atoms with E-state index in [0.29, 0.717) is 15.2 Å². The molecule has 1 aromatic heterocycles. The molecule has 0 saturated carbocycles. The molecule has 8 heteroatoms. The monoisotopic (exact) mass is 372 g/mol. The number of carbonyl (C=O) groups is 2. The van der Waals surface area contributed by atoms with E-state index < -0.39 is 17.7 Å². The van der Waals surface area contributed by atoms with Crippen LogP contribution in [0.5, 0.6) is 0 Å². The standard InChI is InChI=1S/C13H10BrFN2O3S/c1-6-11(13(19)20)21-10(17-6)5-16-12(18)8-4-7(15)2-3-9(8)14/h2-4H,5H2,1H3,(H,16,18)(H,19,20). The van der Waals surface area contributed by atoms with Crippen molar-refractivity contribution in [1.82, 2.24) is 10.3 Å². The van der Waals surface area contributed by atoms with Crippen molar-refractivity contribution in [3.63, 3.8) is 0 Å². The molecule has 2 N–H and O–H groups in total. The van der Waals surface area contributed by atoms with Crippen molar-refractivity contribution in [3.05, 3.63) is 49.6 Å². The van der Waals surface area contributed by atoms with E-state index in [9.17, 15) is 14.0 Å². The SMILES string of the molecule is Cc1nc(CNC(=O)c2cc(F)ccc2Br)sc1C(=O)O. The molecule has 0 bridgehead atoms. The highest BCUT2D eigenvalue weighted by Crippen LogP contribution is 2.20. The maximum Gasteiger partial charge on any atom is 0.347 e. The van der Waals surface area contributed by atoms with E-state index >= 15 is 0 Å². The van der Waals surface area contributed by atoms with Crippen LogP contribution in [0.4, 0.5) is 4.39 Å². The first-order valence-electron chi connectivity index (χ1n) is 5.81. The Morgan fingerprint density at radius 1 is 1.48 bits per heavy atom. The molecule has 0 radical (unpaired) electrons. The number of carboxylic acid groups (broad SMARTS) is 1. The summed E-state index contributed by atoms with van der Waals surface area (Å²) in [6.45, 7) is 1.68. The van der Waals surface area contributed by atoms with Gasteiger partial charge in [-0.1, -0.05) is 0 Å². The second-order valence-corrected chi connectivity index (χ2v) is 6.07. The third-order valence-electron chi connectivity index (χ3n) is 2.61. The molecular formula is C13H10BrFN2O3S. The second kappa shape index (κ2) is 6.31. The minimum Gasteiger partial charge on any atom is -0.477 e. The molecule has 2 rings (SSSR count). The van der Waals surface area contributed by atoms with Crippen molar-refractivity contribution in [2.45, 2.75) is 13.5 Å². The van der Waals surface area contributed by atoms with E-state index in [1.165, 1.54) is 12.1 Å². The number of hydrogen-bond acceptors (Lipinski definition) is 4. The molecule has 0 fully saturated rings. The van der Waals surface area contributed by atoms with Crippen LogP contribution in [0.15, 0.2) is 22.7 Å². The molecule has 0 spiro atoms. The van der Waals surface area contributed by atoms with E-state index in [1.54, 1.807) is 6.92 Å². The molecule has 0 aliphatic carbocycles. The van der Waals surface area contributed by atoms with Gasteiger partial charge >= 0.3 is 5.97 Å². The molecule has 5 nitrogen and oxygen atoms in total. The summed E-state index contributed by atoms with van der Waals surface area (Å²) in [5.74, 6) is -2.02. The summed E-state index contributed by atoms with van der Waals surface area (Å²) < 4.78 is 13.6. The number of amides is 1. The topological polar surface area (TPSA) is 79.3 Å². The first kappa shape index (κ1) is 15.6. The lowest BCUT2D eigenvalue weighted by Crippen LogP contribution is -2.23. The molecule has 2 aromatic rings. The summed E-state index contributed by atoms with van der Waals surface area (Å²) in [6.07, 6.45) is 0.